The summed E-state index contributed by atoms with van der Waals surface area (Å²) >= 11 is 0. The first-order valence-corrected chi connectivity index (χ1v) is 9.57. The fraction of sp³-hybridized carbons (Fsp3) is 0.500. The molecule has 2 heterocycles. The van der Waals surface area contributed by atoms with Gasteiger partial charge in [-0.2, -0.15) is 5.10 Å². The summed E-state index contributed by atoms with van der Waals surface area (Å²) in [7, 11) is 1.82. The molecule has 2 N–H and O–H groups in total. The Morgan fingerprint density at radius 3 is 3.11 bits per heavy atom. The van der Waals surface area contributed by atoms with E-state index in [1.165, 1.54) is 12.1 Å². The lowest BCUT2D eigenvalue weighted by atomic mass is 10.0. The van der Waals surface area contributed by atoms with Crippen LogP contribution in [0.4, 0.5) is 4.39 Å². The lowest BCUT2D eigenvalue weighted by Crippen LogP contribution is -2.41. The molecule has 1 fully saturated rings. The summed E-state index contributed by atoms with van der Waals surface area (Å²) in [5, 5.41) is 17.3. The van der Waals surface area contributed by atoms with Gasteiger partial charge < -0.3 is 15.2 Å². The third kappa shape index (κ3) is 5.77. The number of hydrogen-bond acceptors (Lipinski definition) is 5. The van der Waals surface area contributed by atoms with Crippen LogP contribution < -0.4 is 10.1 Å². The first-order chi connectivity index (χ1) is 13.5. The van der Waals surface area contributed by atoms with Crippen molar-refractivity contribution in [3.05, 3.63) is 48.0 Å². The molecular weight excluding hydrogens is 363 g/mol. The molecule has 7 nitrogen and oxygen atoms in total. The summed E-state index contributed by atoms with van der Waals surface area (Å²) in [5.41, 5.74) is 0.799. The number of aliphatic hydroxyl groups excluding tert-OH is 1. The van der Waals surface area contributed by atoms with Crippen molar-refractivity contribution in [3.8, 4) is 5.75 Å². The minimum Gasteiger partial charge on any atom is -0.492 e. The van der Waals surface area contributed by atoms with E-state index in [0.29, 0.717) is 25.3 Å². The van der Waals surface area contributed by atoms with Gasteiger partial charge in [-0.3, -0.25) is 14.4 Å². The van der Waals surface area contributed by atoms with E-state index in [2.05, 4.69) is 15.3 Å². The average Bonchev–Trinajstić information content (AvgIpc) is 3.28. The van der Waals surface area contributed by atoms with Crippen LogP contribution in [0.3, 0.4) is 0 Å². The van der Waals surface area contributed by atoms with Crippen LogP contribution in [0.25, 0.3) is 0 Å². The predicted octanol–water partition coefficient (Wildman–Crippen LogP) is 1.64. The molecule has 3 rings (SSSR count). The highest BCUT2D eigenvalue weighted by atomic mass is 19.1. The Morgan fingerprint density at radius 1 is 1.50 bits per heavy atom. The summed E-state index contributed by atoms with van der Waals surface area (Å²) in [5.74, 6) is 0.0129. The smallest absolute Gasteiger partial charge is 0.234 e. The number of aryl methyl sites for hydroxylation is 1. The van der Waals surface area contributed by atoms with Gasteiger partial charge in [-0.05, 0) is 37.9 Å². The van der Waals surface area contributed by atoms with E-state index in [1.807, 2.05) is 13.2 Å². The van der Waals surface area contributed by atoms with Crippen LogP contribution in [0.1, 0.15) is 30.9 Å². The van der Waals surface area contributed by atoms with Crippen molar-refractivity contribution in [1.82, 2.24) is 20.0 Å². The summed E-state index contributed by atoms with van der Waals surface area (Å²) in [4.78, 5) is 14.3. The summed E-state index contributed by atoms with van der Waals surface area (Å²) < 4.78 is 20.2. The zero-order valence-electron chi connectivity index (χ0n) is 16.1. The van der Waals surface area contributed by atoms with E-state index in [0.717, 1.165) is 24.9 Å². The number of hydrogen-bond donors (Lipinski definition) is 2. The monoisotopic (exact) mass is 390 g/mol. The van der Waals surface area contributed by atoms with Crippen LogP contribution in [-0.4, -0.2) is 58.0 Å². The fourth-order valence-corrected chi connectivity index (χ4v) is 3.53. The Labute approximate surface area is 164 Å². The second-order valence-corrected chi connectivity index (χ2v) is 7.12. The van der Waals surface area contributed by atoms with Gasteiger partial charge in [-0.1, -0.05) is 6.07 Å². The van der Waals surface area contributed by atoms with E-state index in [4.69, 9.17) is 4.74 Å². The molecule has 2 atom stereocenters. The van der Waals surface area contributed by atoms with Crippen LogP contribution in [0.15, 0.2) is 36.7 Å². The van der Waals surface area contributed by atoms with Crippen molar-refractivity contribution in [3.63, 3.8) is 0 Å². The van der Waals surface area contributed by atoms with Crippen LogP contribution in [0.2, 0.25) is 0 Å². The average molecular weight is 390 g/mol. The lowest BCUT2D eigenvalue weighted by molar-refractivity contribution is -0.122. The van der Waals surface area contributed by atoms with Gasteiger partial charge in [-0.15, -0.1) is 0 Å². The maximum atomic E-state index is 13.1. The Hall–Kier alpha value is -2.45. The van der Waals surface area contributed by atoms with E-state index >= 15 is 0 Å². The lowest BCUT2D eigenvalue weighted by Gasteiger charge is -2.25. The van der Waals surface area contributed by atoms with Crippen molar-refractivity contribution in [1.29, 1.82) is 0 Å². The molecule has 1 amide bonds. The minimum atomic E-state index is -0.581. The van der Waals surface area contributed by atoms with Crippen LogP contribution >= 0.6 is 0 Å². The number of carbonyl (C=O) groups is 1. The number of rotatable bonds is 9. The normalized spacial score (nSPS) is 18.2. The molecule has 1 aliphatic heterocycles. The number of ether oxygens (including phenoxy) is 1. The Balaban J connectivity index is 1.39. The highest BCUT2D eigenvalue weighted by Gasteiger charge is 2.28. The number of benzene rings is 1. The maximum Gasteiger partial charge on any atom is 0.234 e. The molecule has 2 aromatic rings. The second-order valence-electron chi connectivity index (χ2n) is 7.12. The van der Waals surface area contributed by atoms with E-state index < -0.39 is 6.10 Å². The van der Waals surface area contributed by atoms with Crippen molar-refractivity contribution in [2.24, 2.45) is 7.05 Å². The zero-order chi connectivity index (χ0) is 19.9. The summed E-state index contributed by atoms with van der Waals surface area (Å²) in [6, 6.07) is 6.09. The van der Waals surface area contributed by atoms with Crippen LogP contribution in [0, 0.1) is 5.82 Å². The molecule has 0 spiro atoms. The number of halogens is 1. The molecule has 1 aromatic carbocycles. The Kier molecular flexibility index (Phi) is 7.00. The van der Waals surface area contributed by atoms with Crippen molar-refractivity contribution in [2.75, 3.05) is 26.2 Å². The van der Waals surface area contributed by atoms with Crippen molar-refractivity contribution >= 4 is 5.91 Å². The number of aromatic nitrogens is 2. The molecule has 1 aliphatic rings. The van der Waals surface area contributed by atoms with Gasteiger partial charge in [0, 0.05) is 30.9 Å². The largest absolute Gasteiger partial charge is 0.492 e. The van der Waals surface area contributed by atoms with Gasteiger partial charge >= 0.3 is 0 Å². The standard InChI is InChI=1S/C20H27FN4O3/c1-24-13-15(12-23-24)19(26)11-17-5-3-8-25(17)14-20(27)22-7-9-28-18-6-2-4-16(21)10-18/h2,4,6,10,12-13,17,19,26H,3,5,7-9,11,14H2,1H3,(H,22,27)/t17-,19-/m0/s1. The molecule has 1 saturated heterocycles. The highest BCUT2D eigenvalue weighted by Crippen LogP contribution is 2.26. The summed E-state index contributed by atoms with van der Waals surface area (Å²) in [6.07, 6.45) is 5.47. The van der Waals surface area contributed by atoms with Gasteiger partial charge in [0.15, 0.2) is 0 Å². The van der Waals surface area contributed by atoms with Gasteiger partial charge in [0.05, 0.1) is 25.4 Å². The molecule has 0 unspecified atom stereocenters. The van der Waals surface area contributed by atoms with Gasteiger partial charge in [0.2, 0.25) is 5.91 Å². The number of nitrogens with zero attached hydrogens (tertiary/aromatic N) is 3. The molecule has 8 heteroatoms. The Morgan fingerprint density at radius 2 is 2.36 bits per heavy atom. The second kappa shape index (κ2) is 9.66. The fourth-order valence-electron chi connectivity index (χ4n) is 3.53. The molecule has 0 bridgehead atoms. The van der Waals surface area contributed by atoms with Gasteiger partial charge in [0.1, 0.15) is 18.2 Å². The first kappa shape index (κ1) is 20.3. The zero-order valence-corrected chi connectivity index (χ0v) is 16.1. The molecule has 1 aromatic heterocycles. The molecule has 0 saturated carbocycles. The quantitative estimate of drug-likeness (QED) is 0.637. The number of carbonyl (C=O) groups excluding carboxylic acids is 1. The van der Waals surface area contributed by atoms with Crippen molar-refractivity contribution in [2.45, 2.75) is 31.4 Å². The minimum absolute atomic E-state index is 0.0781. The molecular formula is C20H27FN4O3. The Bertz CT molecular complexity index is 782. The van der Waals surface area contributed by atoms with Gasteiger partial charge in [-0.25, -0.2) is 4.39 Å². The van der Waals surface area contributed by atoms with Crippen molar-refractivity contribution < 1.29 is 19.0 Å². The van der Waals surface area contributed by atoms with E-state index in [1.54, 1.807) is 23.0 Å². The van der Waals surface area contributed by atoms with E-state index in [9.17, 15) is 14.3 Å². The first-order valence-electron chi connectivity index (χ1n) is 9.57. The molecule has 0 aliphatic carbocycles. The maximum absolute atomic E-state index is 13.1. The predicted molar refractivity (Wildman–Crippen MR) is 102 cm³/mol. The molecule has 152 valence electrons. The number of aliphatic hydroxyl groups is 1. The van der Waals surface area contributed by atoms with Crippen LogP contribution in [-0.2, 0) is 11.8 Å². The SMILES string of the molecule is Cn1cc([C@@H](O)C[C@@H]2CCCN2CC(=O)NCCOc2cccc(F)c2)cn1. The number of likely N-dealkylation sites (tertiary alicyclic amines) is 1. The van der Waals surface area contributed by atoms with E-state index in [-0.39, 0.29) is 24.4 Å². The summed E-state index contributed by atoms with van der Waals surface area (Å²) in [6.45, 7) is 1.77. The molecule has 28 heavy (non-hydrogen) atoms. The topological polar surface area (TPSA) is 79.6 Å². The van der Waals surface area contributed by atoms with Gasteiger partial charge in [0.25, 0.3) is 0 Å². The third-order valence-corrected chi connectivity index (χ3v) is 4.94. The number of amides is 1. The third-order valence-electron chi connectivity index (χ3n) is 4.94. The number of nitrogens with one attached hydrogen (secondary N) is 1. The molecule has 0 radical (unpaired) electrons. The van der Waals surface area contributed by atoms with Crippen LogP contribution in [0.5, 0.6) is 5.75 Å². The highest BCUT2D eigenvalue weighted by molar-refractivity contribution is 5.78.